The van der Waals surface area contributed by atoms with Gasteiger partial charge in [-0.05, 0) is 30.3 Å². The fraction of sp³-hybridized carbons (Fsp3) is 0.250. The average molecular weight is 165 g/mol. The summed E-state index contributed by atoms with van der Waals surface area (Å²) in [5.41, 5.74) is 2.16. The van der Waals surface area contributed by atoms with Gasteiger partial charge in [0.25, 0.3) is 0 Å². The Kier molecular flexibility index (Phi) is 2.28. The molecule has 0 aliphatic carbocycles. The number of nitrogens with zero attached hydrogens (tertiary/aromatic N) is 2. The van der Waals surface area contributed by atoms with Crippen LogP contribution >= 0.6 is 0 Å². The summed E-state index contributed by atoms with van der Waals surface area (Å²) in [6.07, 6.45) is 0. The molecule has 0 amide bonds. The van der Waals surface area contributed by atoms with Crippen molar-refractivity contribution in [2.75, 3.05) is 0 Å². The Labute approximate surface area is 70.3 Å². The van der Waals surface area contributed by atoms with E-state index in [2.05, 4.69) is 5.28 Å². The van der Waals surface area contributed by atoms with Crippen LogP contribution in [0.15, 0.2) is 23.5 Å². The molecular formula is C8H9N2O2-. The van der Waals surface area contributed by atoms with E-state index in [4.69, 9.17) is 0 Å². The molecule has 0 saturated carbocycles. The fourth-order valence-electron chi connectivity index (χ4n) is 1.11. The smallest absolute Gasteiger partial charge is 0.244 e. The maximum Gasteiger partial charge on any atom is 0.244 e. The molecule has 0 fully saturated rings. The zero-order valence-corrected chi connectivity index (χ0v) is 6.94. The molecule has 0 spiro atoms. The molecule has 0 aliphatic rings. The van der Waals surface area contributed by atoms with E-state index in [-0.39, 0.29) is 10.5 Å². The van der Waals surface area contributed by atoms with Crippen LogP contribution in [0.5, 0.6) is 0 Å². The first kappa shape index (κ1) is 8.52. The van der Waals surface area contributed by atoms with Gasteiger partial charge in [0.1, 0.15) is 0 Å². The average Bonchev–Trinajstić information content (AvgIpc) is 2.01. The Morgan fingerprint density at radius 1 is 1.17 bits per heavy atom. The Morgan fingerprint density at radius 3 is 2.08 bits per heavy atom. The largest absolute Gasteiger partial charge is 0.739 e. The summed E-state index contributed by atoms with van der Waals surface area (Å²) in [4.78, 5) is 0.0694. The van der Waals surface area contributed by atoms with E-state index in [0.29, 0.717) is 0 Å². The standard InChI is InChI=1S/C8H10N2O2/c1-6-3-7(2)5-8(4-6)10(12)9-11/h3-5,11H,1-2H3/p-1. The lowest BCUT2D eigenvalue weighted by atomic mass is 10.1. The summed E-state index contributed by atoms with van der Waals surface area (Å²) in [6.45, 7) is 3.71. The second-order valence-electron chi connectivity index (χ2n) is 2.70. The van der Waals surface area contributed by atoms with E-state index in [1.54, 1.807) is 12.1 Å². The Hall–Kier alpha value is -1.58. The second-order valence-corrected chi connectivity index (χ2v) is 2.70. The van der Waals surface area contributed by atoms with Crippen LogP contribution in [0.25, 0.3) is 0 Å². The van der Waals surface area contributed by atoms with E-state index >= 15 is 0 Å². The number of hydrogen-bond acceptors (Lipinski definition) is 3. The summed E-state index contributed by atoms with van der Waals surface area (Å²) < 4.78 is 0. The second kappa shape index (κ2) is 3.21. The van der Waals surface area contributed by atoms with Crippen molar-refractivity contribution in [2.24, 2.45) is 5.28 Å². The van der Waals surface area contributed by atoms with Gasteiger partial charge in [0.2, 0.25) is 5.69 Å². The van der Waals surface area contributed by atoms with E-state index < -0.39 is 0 Å². The lowest BCUT2D eigenvalue weighted by molar-refractivity contribution is -0.436. The molecule has 1 rings (SSSR count). The van der Waals surface area contributed by atoms with Gasteiger partial charge in [0.15, 0.2) is 0 Å². The first-order chi connectivity index (χ1) is 5.63. The van der Waals surface area contributed by atoms with Crippen LogP contribution < -0.4 is 0 Å². The highest BCUT2D eigenvalue weighted by molar-refractivity contribution is 5.37. The fourth-order valence-corrected chi connectivity index (χ4v) is 1.11. The number of hydrogen-bond donors (Lipinski definition) is 0. The molecule has 0 heterocycles. The first-order valence-corrected chi connectivity index (χ1v) is 3.52. The molecule has 64 valence electrons. The van der Waals surface area contributed by atoms with E-state index in [9.17, 15) is 10.4 Å². The monoisotopic (exact) mass is 165 g/mol. The van der Waals surface area contributed by atoms with Crippen molar-refractivity contribution < 1.29 is 4.86 Å². The quantitative estimate of drug-likeness (QED) is 0.364. The van der Waals surface area contributed by atoms with Crippen molar-refractivity contribution in [2.45, 2.75) is 13.8 Å². The molecule has 0 N–H and O–H groups in total. The molecular weight excluding hydrogens is 156 g/mol. The topological polar surface area (TPSA) is 61.5 Å². The molecule has 4 nitrogen and oxygen atoms in total. The van der Waals surface area contributed by atoms with Crippen molar-refractivity contribution in [3.8, 4) is 0 Å². The zero-order valence-electron chi connectivity index (χ0n) is 6.94. The highest BCUT2D eigenvalue weighted by Gasteiger charge is 2.02. The highest BCUT2D eigenvalue weighted by atomic mass is 16.6. The van der Waals surface area contributed by atoms with E-state index in [1.165, 1.54) is 0 Å². The normalized spacial score (nSPS) is 11.7. The van der Waals surface area contributed by atoms with Gasteiger partial charge in [-0.25, -0.2) is 0 Å². The van der Waals surface area contributed by atoms with Crippen molar-refractivity contribution in [1.29, 1.82) is 0 Å². The van der Waals surface area contributed by atoms with Crippen LogP contribution in [0, 0.1) is 24.3 Å². The summed E-state index contributed by atoms with van der Waals surface area (Å²) >= 11 is 0. The van der Waals surface area contributed by atoms with Crippen LogP contribution in [0.3, 0.4) is 0 Å². The molecule has 4 heteroatoms. The Morgan fingerprint density at radius 2 is 1.67 bits per heavy atom. The lowest BCUT2D eigenvalue weighted by Gasteiger charge is -2.02. The molecule has 0 radical (unpaired) electrons. The van der Waals surface area contributed by atoms with Crippen LogP contribution in [-0.2, 0) is 0 Å². The van der Waals surface area contributed by atoms with Gasteiger partial charge >= 0.3 is 0 Å². The SMILES string of the molecule is Cc1cc(C)cc([N+]([O-])=N[O-])c1. The molecule has 1 aromatic carbocycles. The van der Waals surface area contributed by atoms with Gasteiger partial charge in [-0.15, -0.1) is 0 Å². The third kappa shape index (κ3) is 1.72. The number of benzene rings is 1. The summed E-state index contributed by atoms with van der Waals surface area (Å²) in [5, 5.41) is 22.9. The zero-order chi connectivity index (χ0) is 9.14. The summed E-state index contributed by atoms with van der Waals surface area (Å²) in [5.74, 6) is 0. The maximum atomic E-state index is 10.8. The van der Waals surface area contributed by atoms with Gasteiger partial charge in [-0.3, -0.25) is 0 Å². The molecule has 0 aromatic heterocycles. The first-order valence-electron chi connectivity index (χ1n) is 3.52. The molecule has 1 aromatic rings. The predicted octanol–water partition coefficient (Wildman–Crippen LogP) is 2.40. The van der Waals surface area contributed by atoms with Crippen LogP contribution in [0.2, 0.25) is 0 Å². The predicted molar refractivity (Wildman–Crippen MR) is 45.0 cm³/mol. The summed E-state index contributed by atoms with van der Waals surface area (Å²) in [7, 11) is 0. The minimum Gasteiger partial charge on any atom is -0.739 e. The van der Waals surface area contributed by atoms with Crippen molar-refractivity contribution in [1.82, 2.24) is 0 Å². The van der Waals surface area contributed by atoms with Gasteiger partial charge in [-0.1, -0.05) is 10.9 Å². The van der Waals surface area contributed by atoms with Crippen molar-refractivity contribution in [3.63, 3.8) is 0 Å². The molecule has 0 bridgehead atoms. The third-order valence-corrected chi connectivity index (χ3v) is 1.50. The maximum absolute atomic E-state index is 10.8. The third-order valence-electron chi connectivity index (χ3n) is 1.50. The van der Waals surface area contributed by atoms with Gasteiger partial charge in [0.05, 0.1) is 0 Å². The van der Waals surface area contributed by atoms with Crippen LogP contribution in [0.4, 0.5) is 5.69 Å². The van der Waals surface area contributed by atoms with Gasteiger partial charge in [0, 0.05) is 12.1 Å². The van der Waals surface area contributed by atoms with E-state index in [0.717, 1.165) is 11.1 Å². The van der Waals surface area contributed by atoms with Crippen molar-refractivity contribution >= 4 is 5.69 Å². The number of aryl methyl sites for hydroxylation is 2. The Balaban J connectivity index is 3.17. The van der Waals surface area contributed by atoms with Crippen molar-refractivity contribution in [3.05, 3.63) is 39.7 Å². The molecule has 0 unspecified atom stereocenters. The summed E-state index contributed by atoms with van der Waals surface area (Å²) in [6, 6.07) is 5.14. The highest BCUT2D eigenvalue weighted by Crippen LogP contribution is 2.16. The van der Waals surface area contributed by atoms with Crippen LogP contribution in [0.1, 0.15) is 11.1 Å². The molecule has 0 saturated heterocycles. The van der Waals surface area contributed by atoms with Gasteiger partial charge < -0.3 is 10.4 Å². The van der Waals surface area contributed by atoms with Gasteiger partial charge in [-0.2, -0.15) is 0 Å². The minimum absolute atomic E-state index is 0.0694. The molecule has 0 aliphatic heterocycles. The van der Waals surface area contributed by atoms with Crippen LogP contribution in [-0.4, -0.2) is 4.86 Å². The Bertz CT molecular complexity index is 301. The van der Waals surface area contributed by atoms with E-state index in [1.807, 2.05) is 19.9 Å². The lowest BCUT2D eigenvalue weighted by Crippen LogP contribution is -1.91. The molecule has 12 heavy (non-hydrogen) atoms. The molecule has 0 atom stereocenters. The number of rotatable bonds is 1. The minimum atomic E-state index is 0.0694.